The van der Waals surface area contributed by atoms with Crippen molar-refractivity contribution in [3.63, 3.8) is 0 Å². The first-order valence-electron chi connectivity index (χ1n) is 7.58. The number of phenolic OH excluding ortho intramolecular Hbond substituents is 1. The third kappa shape index (κ3) is 2.62. The molecule has 0 fully saturated rings. The van der Waals surface area contributed by atoms with Gasteiger partial charge in [-0.1, -0.05) is 36.8 Å². The molecule has 0 spiro atoms. The topological polar surface area (TPSA) is 38.0 Å². The molecule has 0 aliphatic heterocycles. The molecular weight excluding hydrogens is 296 g/mol. The molecular formula is C21H14N2O. The van der Waals surface area contributed by atoms with Crippen LogP contribution in [0.2, 0.25) is 0 Å². The van der Waals surface area contributed by atoms with Gasteiger partial charge in [-0.2, -0.15) is 0 Å². The summed E-state index contributed by atoms with van der Waals surface area (Å²) in [4.78, 5) is 4.36. The Bertz CT molecular complexity index is 1070. The lowest BCUT2D eigenvalue weighted by Crippen LogP contribution is -1.88. The van der Waals surface area contributed by atoms with Gasteiger partial charge >= 0.3 is 0 Å². The van der Waals surface area contributed by atoms with Crippen LogP contribution in [0.3, 0.4) is 0 Å². The van der Waals surface area contributed by atoms with E-state index in [-0.39, 0.29) is 5.75 Å². The first kappa shape index (κ1) is 14.1. The summed E-state index contributed by atoms with van der Waals surface area (Å²) < 4.78 is 1.64. The second-order valence-electron chi connectivity index (χ2n) is 5.58. The van der Waals surface area contributed by atoms with E-state index in [2.05, 4.69) is 35.3 Å². The number of nitrogens with zero attached hydrogens (tertiary/aromatic N) is 2. The highest BCUT2D eigenvalue weighted by Gasteiger charge is 2.07. The number of pyridine rings is 1. The van der Waals surface area contributed by atoms with Crippen molar-refractivity contribution in [2.75, 3.05) is 0 Å². The first-order chi connectivity index (χ1) is 11.7. The maximum Gasteiger partial charge on any atom is 0.151 e. The van der Waals surface area contributed by atoms with Crippen LogP contribution in [0.4, 0.5) is 0 Å². The average molecular weight is 310 g/mol. The Morgan fingerprint density at radius 3 is 2.21 bits per heavy atom. The van der Waals surface area contributed by atoms with Gasteiger partial charge in [0, 0.05) is 29.4 Å². The highest BCUT2D eigenvalue weighted by molar-refractivity contribution is 5.83. The zero-order valence-corrected chi connectivity index (χ0v) is 12.8. The van der Waals surface area contributed by atoms with Crippen LogP contribution < -0.4 is 0 Å². The number of rotatable bonds is 1. The molecule has 3 heteroatoms. The highest BCUT2D eigenvalue weighted by atomic mass is 16.3. The largest absolute Gasteiger partial charge is 0.508 e. The Morgan fingerprint density at radius 2 is 1.58 bits per heavy atom. The van der Waals surface area contributed by atoms with Crippen LogP contribution in [0.15, 0.2) is 73.1 Å². The van der Waals surface area contributed by atoms with Crippen LogP contribution >= 0.6 is 0 Å². The Labute approximate surface area is 139 Å². The molecule has 0 saturated carbocycles. The molecule has 2 aromatic heterocycles. The van der Waals surface area contributed by atoms with Gasteiger partial charge in [0.1, 0.15) is 5.75 Å². The Morgan fingerprint density at radius 1 is 0.875 bits per heavy atom. The van der Waals surface area contributed by atoms with Crippen LogP contribution in [-0.2, 0) is 0 Å². The van der Waals surface area contributed by atoms with Gasteiger partial charge in [-0.25, -0.2) is 4.98 Å². The lowest BCUT2D eigenvalue weighted by Gasteiger charge is -2.02. The number of benzene rings is 2. The van der Waals surface area contributed by atoms with Crippen LogP contribution in [0.5, 0.6) is 5.75 Å². The second kappa shape index (κ2) is 5.60. The lowest BCUT2D eigenvalue weighted by atomic mass is 10.1. The molecule has 2 aliphatic carbocycles. The van der Waals surface area contributed by atoms with Crippen LogP contribution in [0.1, 0.15) is 0 Å². The van der Waals surface area contributed by atoms with Gasteiger partial charge in [-0.05, 0) is 47.0 Å². The standard InChI is InChI=1S/C15H10N2O.C6H4/c1-2-17-7-6-12-8-13(10-16-15(12)17)11-4-3-5-14(18)9-11;1-2-5-4-6(5)3-1/h1,3-10,18H;1-4H. The van der Waals surface area contributed by atoms with Gasteiger partial charge in [0.15, 0.2) is 5.65 Å². The van der Waals surface area contributed by atoms with Gasteiger partial charge in [0.05, 0.1) is 0 Å². The second-order valence-corrected chi connectivity index (χ2v) is 5.58. The fourth-order valence-corrected chi connectivity index (χ4v) is 2.65. The SMILES string of the molecule is C#Cn1ccc2cc(-c3cccc(O)c3)cnc21.c1cc2cc-2c1. The summed E-state index contributed by atoms with van der Waals surface area (Å²) in [7, 11) is 0. The summed E-state index contributed by atoms with van der Waals surface area (Å²) in [5, 5.41) is 10.5. The fourth-order valence-electron chi connectivity index (χ4n) is 2.65. The van der Waals surface area contributed by atoms with Crippen molar-refractivity contribution < 1.29 is 5.11 Å². The van der Waals surface area contributed by atoms with Crippen molar-refractivity contribution in [3.8, 4) is 40.5 Å². The first-order valence-corrected chi connectivity index (χ1v) is 7.58. The molecule has 2 aliphatic rings. The molecule has 2 heterocycles. The molecule has 0 amide bonds. The number of aromatic nitrogens is 2. The predicted octanol–water partition coefficient (Wildman–Crippen LogP) is 4.51. The van der Waals surface area contributed by atoms with Crippen molar-refractivity contribution in [1.82, 2.24) is 9.55 Å². The van der Waals surface area contributed by atoms with Crippen LogP contribution in [0.25, 0.3) is 33.3 Å². The van der Waals surface area contributed by atoms with Crippen molar-refractivity contribution in [2.24, 2.45) is 0 Å². The molecule has 0 unspecified atom stereocenters. The molecule has 1 N–H and O–H groups in total. The highest BCUT2D eigenvalue weighted by Crippen LogP contribution is 2.32. The number of aromatic hydroxyl groups is 1. The Kier molecular flexibility index (Phi) is 3.29. The van der Waals surface area contributed by atoms with Crippen molar-refractivity contribution in [1.29, 1.82) is 0 Å². The zero-order chi connectivity index (χ0) is 16.5. The van der Waals surface area contributed by atoms with Crippen LogP contribution in [-0.4, -0.2) is 14.7 Å². The Hall–Kier alpha value is -3.51. The van der Waals surface area contributed by atoms with E-state index < -0.39 is 0 Å². The number of hydrogen-bond acceptors (Lipinski definition) is 2. The third-order valence-electron chi connectivity index (χ3n) is 3.96. The zero-order valence-electron chi connectivity index (χ0n) is 12.8. The minimum absolute atomic E-state index is 0.244. The van der Waals surface area contributed by atoms with E-state index in [4.69, 9.17) is 6.42 Å². The summed E-state index contributed by atoms with van der Waals surface area (Å²) in [6.45, 7) is 0. The summed E-state index contributed by atoms with van der Waals surface area (Å²) >= 11 is 0. The molecule has 0 saturated heterocycles. The van der Waals surface area contributed by atoms with E-state index in [1.807, 2.05) is 30.5 Å². The van der Waals surface area contributed by atoms with E-state index in [1.54, 1.807) is 22.9 Å². The summed E-state index contributed by atoms with van der Waals surface area (Å²) in [5.41, 5.74) is 5.50. The number of fused-ring (bicyclic) bond motifs is 2. The molecule has 3 nitrogen and oxygen atoms in total. The normalized spacial score (nSPS) is 10.6. The van der Waals surface area contributed by atoms with Crippen molar-refractivity contribution >= 4 is 11.0 Å². The minimum Gasteiger partial charge on any atom is -0.508 e. The lowest BCUT2D eigenvalue weighted by molar-refractivity contribution is 0.475. The molecule has 3 aromatic rings. The molecule has 0 radical (unpaired) electrons. The fraction of sp³-hybridized carbons (Fsp3) is 0. The minimum atomic E-state index is 0.244. The van der Waals surface area contributed by atoms with Crippen molar-refractivity contribution in [2.45, 2.75) is 0 Å². The van der Waals surface area contributed by atoms with Gasteiger partial charge in [-0.3, -0.25) is 4.57 Å². The molecule has 5 rings (SSSR count). The molecule has 1 aromatic carbocycles. The Balaban J connectivity index is 0.000000201. The number of hydrogen-bond donors (Lipinski definition) is 1. The number of terminal acetylenes is 1. The summed E-state index contributed by atoms with van der Waals surface area (Å²) in [6, 6.07) is 22.0. The van der Waals surface area contributed by atoms with E-state index in [0.717, 1.165) is 22.2 Å². The van der Waals surface area contributed by atoms with Gasteiger partial charge in [-0.15, -0.1) is 0 Å². The van der Waals surface area contributed by atoms with Crippen molar-refractivity contribution in [3.05, 3.63) is 73.1 Å². The summed E-state index contributed by atoms with van der Waals surface area (Å²) in [5.74, 6) is 0.244. The molecule has 114 valence electrons. The quantitative estimate of drug-likeness (QED) is 0.462. The van der Waals surface area contributed by atoms with E-state index in [0.29, 0.717) is 0 Å². The molecule has 24 heavy (non-hydrogen) atoms. The monoisotopic (exact) mass is 310 g/mol. The summed E-state index contributed by atoms with van der Waals surface area (Å²) in [6.07, 6.45) is 8.93. The van der Waals surface area contributed by atoms with Crippen LogP contribution in [0, 0.1) is 12.5 Å². The third-order valence-corrected chi connectivity index (χ3v) is 3.96. The smallest absolute Gasteiger partial charge is 0.151 e. The van der Waals surface area contributed by atoms with E-state index >= 15 is 0 Å². The van der Waals surface area contributed by atoms with Gasteiger partial charge in [0.2, 0.25) is 0 Å². The van der Waals surface area contributed by atoms with E-state index in [9.17, 15) is 5.11 Å². The molecule has 0 bridgehead atoms. The maximum absolute atomic E-state index is 9.48. The average Bonchev–Trinajstić information content (AvgIpc) is 3.03. The van der Waals surface area contributed by atoms with Gasteiger partial charge < -0.3 is 5.11 Å². The van der Waals surface area contributed by atoms with Gasteiger partial charge in [0.25, 0.3) is 0 Å². The molecule has 0 atom stereocenters. The number of phenols is 1. The van der Waals surface area contributed by atoms with E-state index in [1.165, 1.54) is 11.1 Å². The maximum atomic E-state index is 9.48. The predicted molar refractivity (Wildman–Crippen MR) is 96.5 cm³/mol.